The monoisotopic (exact) mass is 532 g/mol. The summed E-state index contributed by atoms with van der Waals surface area (Å²) in [6, 6.07) is 40.9. The van der Waals surface area contributed by atoms with Gasteiger partial charge in [-0.25, -0.2) is 0 Å². The van der Waals surface area contributed by atoms with Gasteiger partial charge in [-0.05, 0) is 35.4 Å². The second kappa shape index (κ2) is 11.3. The van der Waals surface area contributed by atoms with Gasteiger partial charge in [0.25, 0.3) is 0 Å². The van der Waals surface area contributed by atoms with Gasteiger partial charge in [-0.2, -0.15) is 10.2 Å². The molecule has 0 amide bonds. The molecule has 38 heavy (non-hydrogen) atoms. The maximum Gasteiger partial charge on any atom is 0.152 e. The summed E-state index contributed by atoms with van der Waals surface area (Å²) in [5.74, 6) is 1.55. The van der Waals surface area contributed by atoms with Crippen LogP contribution in [0.3, 0.4) is 0 Å². The first-order valence-electron chi connectivity index (χ1n) is 12.1. The summed E-state index contributed by atoms with van der Waals surface area (Å²) >= 11 is 0. The molecule has 0 saturated carbocycles. The minimum Gasteiger partial charge on any atom is -0.338 e. The largest absolute Gasteiger partial charge is 0.338 e. The summed E-state index contributed by atoms with van der Waals surface area (Å²) < 4.78 is 0. The summed E-state index contributed by atoms with van der Waals surface area (Å²) in [5, 5.41) is 22.1. The van der Waals surface area contributed by atoms with Crippen LogP contribution >= 0.6 is 21.6 Å². The zero-order valence-corrected chi connectivity index (χ0v) is 21.9. The molecule has 0 saturated heterocycles. The van der Waals surface area contributed by atoms with Crippen LogP contribution < -0.4 is 10.6 Å². The molecule has 6 aromatic rings. The molecule has 6 rings (SSSR count). The van der Waals surface area contributed by atoms with Crippen LogP contribution in [-0.4, -0.2) is 20.4 Å². The molecule has 0 aliphatic carbocycles. The number of nitrogens with one attached hydrogen (secondary N) is 4. The van der Waals surface area contributed by atoms with Gasteiger partial charge >= 0.3 is 0 Å². The van der Waals surface area contributed by atoms with Crippen molar-refractivity contribution in [1.82, 2.24) is 20.4 Å². The Morgan fingerprint density at radius 1 is 0.474 bits per heavy atom. The molecular formula is C30H24N6S2. The quantitative estimate of drug-likeness (QED) is 0.139. The van der Waals surface area contributed by atoms with Gasteiger partial charge in [-0.15, -0.1) is 0 Å². The standard InChI is InChI=1S/C30H24N6S2/c1-3-11-21(12-4-1)25-19-29(35-33-25)31-23-15-7-9-17-27(23)37-38-28-18-10-8-16-24(28)32-30-20-26(34-36-30)22-13-5-2-6-14-22/h1-20H,(H2,31,33,35)(H2,32,34,36). The van der Waals surface area contributed by atoms with Gasteiger partial charge in [-0.1, -0.05) is 107 Å². The van der Waals surface area contributed by atoms with Crippen molar-refractivity contribution < 1.29 is 0 Å². The number of para-hydroxylation sites is 2. The molecule has 0 radical (unpaired) electrons. The molecule has 0 spiro atoms. The molecule has 2 aromatic heterocycles. The van der Waals surface area contributed by atoms with Gasteiger partial charge in [0.05, 0.1) is 22.8 Å². The third-order valence-electron chi connectivity index (χ3n) is 5.85. The van der Waals surface area contributed by atoms with Crippen molar-refractivity contribution in [2.45, 2.75) is 9.79 Å². The molecule has 4 N–H and O–H groups in total. The summed E-state index contributed by atoms with van der Waals surface area (Å²) in [5.41, 5.74) is 6.15. The number of rotatable bonds is 9. The van der Waals surface area contributed by atoms with E-state index in [2.05, 4.69) is 79.6 Å². The molecule has 0 fully saturated rings. The van der Waals surface area contributed by atoms with Crippen LogP contribution in [0.25, 0.3) is 22.5 Å². The van der Waals surface area contributed by atoms with Crippen LogP contribution in [-0.2, 0) is 0 Å². The number of H-pyrrole nitrogens is 2. The summed E-state index contributed by atoms with van der Waals surface area (Å²) in [7, 11) is 3.39. The number of anilines is 4. The lowest BCUT2D eigenvalue weighted by atomic mass is 10.1. The summed E-state index contributed by atoms with van der Waals surface area (Å²) in [4.78, 5) is 2.23. The second-order valence-electron chi connectivity index (χ2n) is 8.47. The SMILES string of the molecule is c1ccc(-c2cc(Nc3ccccc3SSc3ccccc3Nc3cc(-c4ccccc4)[nH]n3)n[nH]2)cc1. The molecule has 0 aliphatic rings. The third-order valence-corrected chi connectivity index (χ3v) is 8.33. The summed E-state index contributed by atoms with van der Waals surface area (Å²) in [6.07, 6.45) is 0. The number of hydrogen-bond acceptors (Lipinski definition) is 6. The minimum absolute atomic E-state index is 0.775. The lowest BCUT2D eigenvalue weighted by Gasteiger charge is -2.12. The van der Waals surface area contributed by atoms with Crippen molar-refractivity contribution in [2.24, 2.45) is 0 Å². The van der Waals surface area contributed by atoms with Crippen molar-refractivity contribution >= 4 is 44.6 Å². The first-order chi connectivity index (χ1) is 18.8. The highest BCUT2D eigenvalue weighted by atomic mass is 33.1. The Kier molecular flexibility index (Phi) is 7.15. The highest BCUT2D eigenvalue weighted by Crippen LogP contribution is 2.44. The van der Waals surface area contributed by atoms with E-state index < -0.39 is 0 Å². The fourth-order valence-corrected chi connectivity index (χ4v) is 6.23. The van der Waals surface area contributed by atoms with E-state index in [9.17, 15) is 0 Å². The molecule has 0 unspecified atom stereocenters. The van der Waals surface area contributed by atoms with E-state index in [1.165, 1.54) is 0 Å². The number of benzene rings is 4. The van der Waals surface area contributed by atoms with Crippen LogP contribution in [0.4, 0.5) is 23.0 Å². The lowest BCUT2D eigenvalue weighted by Crippen LogP contribution is -1.93. The molecule has 6 nitrogen and oxygen atoms in total. The molecule has 4 aromatic carbocycles. The third kappa shape index (κ3) is 5.61. The summed E-state index contributed by atoms with van der Waals surface area (Å²) in [6.45, 7) is 0. The van der Waals surface area contributed by atoms with Gasteiger partial charge in [0.15, 0.2) is 11.6 Å². The van der Waals surface area contributed by atoms with Crippen molar-refractivity contribution in [1.29, 1.82) is 0 Å². The smallest absolute Gasteiger partial charge is 0.152 e. The van der Waals surface area contributed by atoms with Crippen molar-refractivity contribution in [2.75, 3.05) is 10.6 Å². The van der Waals surface area contributed by atoms with E-state index in [1.54, 1.807) is 21.6 Å². The minimum atomic E-state index is 0.775. The predicted molar refractivity (Wildman–Crippen MR) is 159 cm³/mol. The molecular weight excluding hydrogens is 509 g/mol. The molecule has 0 aliphatic heterocycles. The highest BCUT2D eigenvalue weighted by molar-refractivity contribution is 8.76. The maximum atomic E-state index is 4.46. The first-order valence-corrected chi connectivity index (χ1v) is 14.2. The number of aromatic nitrogens is 4. The Labute approximate surface area is 228 Å². The average molecular weight is 533 g/mol. The van der Waals surface area contributed by atoms with E-state index in [1.807, 2.05) is 72.8 Å². The van der Waals surface area contributed by atoms with E-state index in [0.717, 1.165) is 55.3 Å². The maximum absolute atomic E-state index is 4.46. The van der Waals surface area contributed by atoms with Crippen LogP contribution in [0.2, 0.25) is 0 Å². The van der Waals surface area contributed by atoms with Crippen molar-refractivity contribution in [3.05, 3.63) is 121 Å². The predicted octanol–water partition coefficient (Wildman–Crippen LogP) is 8.75. The van der Waals surface area contributed by atoms with Crippen LogP contribution in [0.5, 0.6) is 0 Å². The topological polar surface area (TPSA) is 81.4 Å². The second-order valence-corrected chi connectivity index (χ2v) is 10.7. The molecule has 8 heteroatoms. The van der Waals surface area contributed by atoms with Crippen molar-refractivity contribution in [3.8, 4) is 22.5 Å². The van der Waals surface area contributed by atoms with Gasteiger partial charge in [0.1, 0.15) is 0 Å². The fourth-order valence-electron chi connectivity index (χ4n) is 3.95. The van der Waals surface area contributed by atoms with E-state index in [4.69, 9.17) is 0 Å². The number of nitrogens with zero attached hydrogens (tertiary/aromatic N) is 2. The zero-order valence-electron chi connectivity index (χ0n) is 20.3. The Morgan fingerprint density at radius 2 is 0.868 bits per heavy atom. The fraction of sp³-hybridized carbons (Fsp3) is 0. The van der Waals surface area contributed by atoms with E-state index in [-0.39, 0.29) is 0 Å². The van der Waals surface area contributed by atoms with Crippen molar-refractivity contribution in [3.63, 3.8) is 0 Å². The van der Waals surface area contributed by atoms with E-state index in [0.29, 0.717) is 0 Å². The highest BCUT2D eigenvalue weighted by Gasteiger charge is 2.11. The van der Waals surface area contributed by atoms with Crippen LogP contribution in [0.15, 0.2) is 131 Å². The van der Waals surface area contributed by atoms with Gasteiger partial charge in [-0.3, -0.25) is 10.2 Å². The number of aromatic amines is 2. The Bertz CT molecular complexity index is 1510. The Morgan fingerprint density at radius 3 is 1.32 bits per heavy atom. The zero-order chi connectivity index (χ0) is 25.6. The van der Waals surface area contributed by atoms with Crippen LogP contribution in [0, 0.1) is 0 Å². The molecule has 0 atom stereocenters. The van der Waals surface area contributed by atoms with Gasteiger partial charge in [0.2, 0.25) is 0 Å². The molecule has 0 bridgehead atoms. The van der Waals surface area contributed by atoms with Crippen LogP contribution in [0.1, 0.15) is 0 Å². The Balaban J connectivity index is 1.15. The lowest BCUT2D eigenvalue weighted by molar-refractivity contribution is 1.10. The van der Waals surface area contributed by atoms with Gasteiger partial charge in [0, 0.05) is 21.9 Å². The first kappa shape index (κ1) is 24.0. The van der Waals surface area contributed by atoms with E-state index >= 15 is 0 Å². The average Bonchev–Trinajstić information content (AvgIpc) is 3.64. The normalized spacial score (nSPS) is 10.8. The number of hydrogen-bond donors (Lipinski definition) is 4. The molecule has 186 valence electrons. The van der Waals surface area contributed by atoms with Gasteiger partial charge < -0.3 is 10.6 Å². The molecule has 2 heterocycles. The Hall–Kier alpha value is -4.40.